The van der Waals surface area contributed by atoms with E-state index < -0.39 is 0 Å². The molecule has 0 amide bonds. The molecule has 1 aromatic heterocycles. The number of hydrogen-bond acceptors (Lipinski definition) is 4. The lowest BCUT2D eigenvalue weighted by molar-refractivity contribution is 0.677. The van der Waals surface area contributed by atoms with Crippen LogP contribution in [-0.4, -0.2) is 35.1 Å². The van der Waals surface area contributed by atoms with E-state index in [1.165, 1.54) is 30.0 Å². The molecule has 0 aromatic carbocycles. The van der Waals surface area contributed by atoms with Crippen LogP contribution in [0.3, 0.4) is 0 Å². The van der Waals surface area contributed by atoms with E-state index in [-0.39, 0.29) is 0 Å². The van der Waals surface area contributed by atoms with Crippen LogP contribution >= 0.6 is 27.7 Å². The number of nitrogens with zero attached hydrogens (tertiary/aromatic N) is 2. The highest BCUT2D eigenvalue weighted by molar-refractivity contribution is 9.10. The summed E-state index contributed by atoms with van der Waals surface area (Å²) in [5.74, 6) is 2.37. The lowest BCUT2D eigenvalue weighted by Crippen LogP contribution is -2.38. The summed E-state index contributed by atoms with van der Waals surface area (Å²) in [5.41, 5.74) is 1.32. The van der Waals surface area contributed by atoms with Crippen LogP contribution in [-0.2, 0) is 6.54 Å². The van der Waals surface area contributed by atoms with E-state index in [1.54, 1.807) is 0 Å². The first kappa shape index (κ1) is 13.7. The molecule has 1 aliphatic carbocycles. The maximum Gasteiger partial charge on any atom is 0.133 e. The summed E-state index contributed by atoms with van der Waals surface area (Å²) in [6.45, 7) is 5.46. The standard InChI is InChI=1S/C14H20BrN3S/c1-10-9-18(4-5-19-10)14-11(6-12(15)8-17-14)7-16-13-2-3-13/h6,8,10,13,16H,2-5,7,9H2,1H3. The Labute approximate surface area is 127 Å². The zero-order valence-corrected chi connectivity index (χ0v) is 13.6. The quantitative estimate of drug-likeness (QED) is 0.910. The van der Waals surface area contributed by atoms with Gasteiger partial charge in [0.25, 0.3) is 0 Å². The van der Waals surface area contributed by atoms with Crippen LogP contribution in [0, 0.1) is 0 Å². The van der Waals surface area contributed by atoms with E-state index in [4.69, 9.17) is 0 Å². The van der Waals surface area contributed by atoms with Gasteiger partial charge in [-0.3, -0.25) is 0 Å². The van der Waals surface area contributed by atoms with E-state index in [0.717, 1.165) is 30.1 Å². The molecule has 0 spiro atoms. The molecule has 1 saturated carbocycles. The minimum absolute atomic E-state index is 0.698. The Morgan fingerprint density at radius 1 is 1.53 bits per heavy atom. The van der Waals surface area contributed by atoms with Crippen LogP contribution in [0.15, 0.2) is 16.7 Å². The van der Waals surface area contributed by atoms with Crippen molar-refractivity contribution in [3.8, 4) is 0 Å². The number of pyridine rings is 1. The molecular weight excluding hydrogens is 322 g/mol. The molecular formula is C14H20BrN3S. The minimum Gasteiger partial charge on any atom is -0.354 e. The fourth-order valence-electron chi connectivity index (χ4n) is 2.44. The third-order valence-corrected chi connectivity index (χ3v) is 5.18. The maximum atomic E-state index is 4.66. The van der Waals surface area contributed by atoms with Crippen LogP contribution in [0.1, 0.15) is 25.3 Å². The van der Waals surface area contributed by atoms with Crippen LogP contribution in [0.4, 0.5) is 5.82 Å². The number of rotatable bonds is 4. The van der Waals surface area contributed by atoms with Crippen molar-refractivity contribution >= 4 is 33.5 Å². The predicted octanol–water partition coefficient (Wildman–Crippen LogP) is 3.04. The third-order valence-electron chi connectivity index (χ3n) is 3.61. The van der Waals surface area contributed by atoms with Crippen molar-refractivity contribution < 1.29 is 0 Å². The highest BCUT2D eigenvalue weighted by Gasteiger charge is 2.23. The molecule has 1 aliphatic heterocycles. The van der Waals surface area contributed by atoms with Gasteiger partial charge in [0.2, 0.25) is 0 Å². The smallest absolute Gasteiger partial charge is 0.133 e. The molecule has 2 aliphatic rings. The van der Waals surface area contributed by atoms with Crippen molar-refractivity contribution in [1.82, 2.24) is 10.3 Å². The van der Waals surface area contributed by atoms with E-state index in [9.17, 15) is 0 Å². The van der Waals surface area contributed by atoms with E-state index >= 15 is 0 Å². The number of thioether (sulfide) groups is 1. The Kier molecular flexibility index (Phi) is 4.34. The third kappa shape index (κ3) is 3.64. The monoisotopic (exact) mass is 341 g/mol. The summed E-state index contributed by atoms with van der Waals surface area (Å²) < 4.78 is 1.07. The number of halogens is 1. The SMILES string of the molecule is CC1CN(c2ncc(Br)cc2CNC2CC2)CCS1. The fraction of sp³-hybridized carbons (Fsp3) is 0.643. The normalized spacial score (nSPS) is 23.7. The molecule has 104 valence electrons. The summed E-state index contributed by atoms with van der Waals surface area (Å²) in [4.78, 5) is 7.11. The number of anilines is 1. The number of hydrogen-bond donors (Lipinski definition) is 1. The zero-order valence-electron chi connectivity index (χ0n) is 11.2. The molecule has 1 unspecified atom stereocenters. The second-order valence-corrected chi connectivity index (χ2v) is 7.88. The van der Waals surface area contributed by atoms with Crippen LogP contribution < -0.4 is 10.2 Å². The topological polar surface area (TPSA) is 28.2 Å². The van der Waals surface area contributed by atoms with Gasteiger partial charge in [-0.1, -0.05) is 6.92 Å². The van der Waals surface area contributed by atoms with Crippen molar-refractivity contribution in [2.45, 2.75) is 37.6 Å². The van der Waals surface area contributed by atoms with Crippen LogP contribution in [0.2, 0.25) is 0 Å². The van der Waals surface area contributed by atoms with Gasteiger partial charge in [0, 0.05) is 52.9 Å². The molecule has 0 radical (unpaired) electrons. The second-order valence-electron chi connectivity index (χ2n) is 5.42. The van der Waals surface area contributed by atoms with Crippen molar-refractivity contribution in [2.75, 3.05) is 23.7 Å². The second kappa shape index (κ2) is 6.02. The highest BCUT2D eigenvalue weighted by atomic mass is 79.9. The summed E-state index contributed by atoms with van der Waals surface area (Å²) >= 11 is 5.60. The van der Waals surface area contributed by atoms with E-state index in [0.29, 0.717) is 5.25 Å². The fourth-order valence-corrected chi connectivity index (χ4v) is 3.83. The van der Waals surface area contributed by atoms with E-state index in [1.807, 2.05) is 6.20 Å². The number of aromatic nitrogens is 1. The minimum atomic E-state index is 0.698. The average Bonchev–Trinajstić information content (AvgIpc) is 3.20. The number of nitrogens with one attached hydrogen (secondary N) is 1. The molecule has 2 fully saturated rings. The van der Waals surface area contributed by atoms with Crippen LogP contribution in [0.5, 0.6) is 0 Å². The molecule has 2 heterocycles. The molecule has 1 aromatic rings. The van der Waals surface area contributed by atoms with Gasteiger partial charge in [0.15, 0.2) is 0 Å². The van der Waals surface area contributed by atoms with Crippen molar-refractivity contribution in [2.24, 2.45) is 0 Å². The van der Waals surface area contributed by atoms with Crippen molar-refractivity contribution in [3.63, 3.8) is 0 Å². The van der Waals surface area contributed by atoms with Gasteiger partial charge in [-0.15, -0.1) is 0 Å². The van der Waals surface area contributed by atoms with Crippen molar-refractivity contribution in [3.05, 3.63) is 22.3 Å². The molecule has 19 heavy (non-hydrogen) atoms. The van der Waals surface area contributed by atoms with Gasteiger partial charge in [0.05, 0.1) is 0 Å². The summed E-state index contributed by atoms with van der Waals surface area (Å²) in [6.07, 6.45) is 4.57. The Bertz CT molecular complexity index is 450. The molecule has 0 bridgehead atoms. The van der Waals surface area contributed by atoms with Gasteiger partial charge in [-0.2, -0.15) is 11.8 Å². The maximum absolute atomic E-state index is 4.66. The van der Waals surface area contributed by atoms with Gasteiger partial charge in [-0.05, 0) is 34.8 Å². The highest BCUT2D eigenvalue weighted by Crippen LogP contribution is 2.28. The Hall–Kier alpha value is -0.260. The average molecular weight is 342 g/mol. The van der Waals surface area contributed by atoms with Crippen LogP contribution in [0.25, 0.3) is 0 Å². The Morgan fingerprint density at radius 3 is 3.11 bits per heavy atom. The first-order chi connectivity index (χ1) is 9.22. The molecule has 3 rings (SSSR count). The lowest BCUT2D eigenvalue weighted by atomic mass is 10.2. The molecule has 1 saturated heterocycles. The van der Waals surface area contributed by atoms with E-state index in [2.05, 4.69) is 55.9 Å². The first-order valence-corrected chi connectivity index (χ1v) is 8.81. The first-order valence-electron chi connectivity index (χ1n) is 6.97. The summed E-state index contributed by atoms with van der Waals surface area (Å²) in [7, 11) is 0. The van der Waals surface area contributed by atoms with Crippen molar-refractivity contribution in [1.29, 1.82) is 0 Å². The van der Waals surface area contributed by atoms with Gasteiger partial charge < -0.3 is 10.2 Å². The van der Waals surface area contributed by atoms with Gasteiger partial charge in [-0.25, -0.2) is 4.98 Å². The molecule has 1 atom stereocenters. The predicted molar refractivity (Wildman–Crippen MR) is 85.9 cm³/mol. The Morgan fingerprint density at radius 2 is 2.37 bits per heavy atom. The molecule has 1 N–H and O–H groups in total. The molecule has 5 heteroatoms. The van der Waals surface area contributed by atoms with Gasteiger partial charge >= 0.3 is 0 Å². The van der Waals surface area contributed by atoms with Gasteiger partial charge in [0.1, 0.15) is 5.82 Å². The lowest BCUT2D eigenvalue weighted by Gasteiger charge is -2.32. The zero-order chi connectivity index (χ0) is 13.2. The molecule has 3 nitrogen and oxygen atoms in total. The Balaban J connectivity index is 1.77. The summed E-state index contributed by atoms with van der Waals surface area (Å²) in [6, 6.07) is 2.95. The largest absolute Gasteiger partial charge is 0.354 e. The summed E-state index contributed by atoms with van der Waals surface area (Å²) in [5, 5.41) is 4.30.